The first-order valence-corrected chi connectivity index (χ1v) is 9.17. The summed E-state index contributed by atoms with van der Waals surface area (Å²) in [5.41, 5.74) is 1.33. The standard InChI is InChI=1S/C23H22F4O/c1-16(2)15-22(19-6-8-21(9-7-19)28-23(25,26)27)12-10-17(11-13-22)18-4-3-5-20(24)14-18/h3-14,16-17H,15H2,1-2H3. The van der Waals surface area contributed by atoms with Crippen molar-refractivity contribution < 1.29 is 22.3 Å². The Hall–Kier alpha value is -2.56. The van der Waals surface area contributed by atoms with Crippen LogP contribution in [-0.2, 0) is 5.41 Å². The smallest absolute Gasteiger partial charge is 0.406 e. The monoisotopic (exact) mass is 390 g/mol. The van der Waals surface area contributed by atoms with Crippen LogP contribution >= 0.6 is 0 Å². The Morgan fingerprint density at radius 2 is 1.64 bits per heavy atom. The molecular weight excluding hydrogens is 368 g/mol. The van der Waals surface area contributed by atoms with Gasteiger partial charge in [-0.1, -0.05) is 62.4 Å². The maximum Gasteiger partial charge on any atom is 0.573 e. The summed E-state index contributed by atoms with van der Waals surface area (Å²) in [4.78, 5) is 0. The van der Waals surface area contributed by atoms with Crippen LogP contribution in [0.2, 0.25) is 0 Å². The molecule has 1 aliphatic rings. The van der Waals surface area contributed by atoms with Crippen molar-refractivity contribution in [1.82, 2.24) is 0 Å². The molecule has 3 rings (SSSR count). The molecule has 0 bridgehead atoms. The van der Waals surface area contributed by atoms with Crippen LogP contribution in [0.25, 0.3) is 0 Å². The van der Waals surface area contributed by atoms with Crippen molar-refractivity contribution in [1.29, 1.82) is 0 Å². The maximum atomic E-state index is 13.5. The predicted octanol–water partition coefficient (Wildman–Crippen LogP) is 6.92. The van der Waals surface area contributed by atoms with E-state index < -0.39 is 11.8 Å². The van der Waals surface area contributed by atoms with Crippen LogP contribution in [0.5, 0.6) is 5.75 Å². The molecule has 0 heterocycles. The number of hydrogen-bond donors (Lipinski definition) is 0. The molecule has 2 aromatic rings. The predicted molar refractivity (Wildman–Crippen MR) is 102 cm³/mol. The number of allylic oxidation sites excluding steroid dienone is 4. The molecule has 1 nitrogen and oxygen atoms in total. The van der Waals surface area contributed by atoms with Crippen molar-refractivity contribution >= 4 is 0 Å². The molecule has 2 aromatic carbocycles. The first-order chi connectivity index (χ1) is 13.2. The lowest BCUT2D eigenvalue weighted by molar-refractivity contribution is -0.274. The van der Waals surface area contributed by atoms with Gasteiger partial charge in [-0.25, -0.2) is 4.39 Å². The molecule has 0 unspecified atom stereocenters. The molecule has 0 spiro atoms. The Morgan fingerprint density at radius 1 is 1.00 bits per heavy atom. The normalized spacial score (nSPS) is 21.9. The lowest BCUT2D eigenvalue weighted by atomic mass is 9.70. The Labute approximate surface area is 162 Å². The zero-order valence-electron chi connectivity index (χ0n) is 15.7. The van der Waals surface area contributed by atoms with E-state index in [0.29, 0.717) is 5.92 Å². The fraction of sp³-hybridized carbons (Fsp3) is 0.304. The average molecular weight is 390 g/mol. The molecule has 0 amide bonds. The second-order valence-electron chi connectivity index (χ2n) is 7.51. The van der Waals surface area contributed by atoms with E-state index in [4.69, 9.17) is 0 Å². The molecule has 0 saturated heterocycles. The van der Waals surface area contributed by atoms with Gasteiger partial charge in [0, 0.05) is 11.3 Å². The zero-order valence-corrected chi connectivity index (χ0v) is 15.7. The Kier molecular flexibility index (Phi) is 5.64. The largest absolute Gasteiger partial charge is 0.573 e. The minimum atomic E-state index is -4.71. The summed E-state index contributed by atoms with van der Waals surface area (Å²) in [6.07, 6.45) is 4.29. The van der Waals surface area contributed by atoms with E-state index in [9.17, 15) is 17.6 Å². The molecule has 1 aliphatic carbocycles. The van der Waals surface area contributed by atoms with E-state index in [-0.39, 0.29) is 17.5 Å². The van der Waals surface area contributed by atoms with Crippen molar-refractivity contribution in [2.24, 2.45) is 5.92 Å². The van der Waals surface area contributed by atoms with Gasteiger partial charge in [0.05, 0.1) is 0 Å². The Balaban J connectivity index is 1.88. The van der Waals surface area contributed by atoms with Gasteiger partial charge in [-0.15, -0.1) is 13.2 Å². The first kappa shape index (κ1) is 20.2. The van der Waals surface area contributed by atoms with Crippen LogP contribution in [0.1, 0.15) is 37.3 Å². The molecule has 0 fully saturated rings. The van der Waals surface area contributed by atoms with Gasteiger partial charge in [-0.2, -0.15) is 0 Å². The summed E-state index contributed by atoms with van der Waals surface area (Å²) >= 11 is 0. The van der Waals surface area contributed by atoms with Crippen molar-refractivity contribution in [2.45, 2.75) is 38.0 Å². The van der Waals surface area contributed by atoms with E-state index >= 15 is 0 Å². The lowest BCUT2D eigenvalue weighted by Crippen LogP contribution is -2.25. The van der Waals surface area contributed by atoms with E-state index in [2.05, 4.69) is 30.7 Å². The van der Waals surface area contributed by atoms with Gasteiger partial charge in [-0.05, 0) is 47.7 Å². The molecule has 0 radical (unpaired) electrons. The SMILES string of the molecule is CC(C)CC1(c2ccc(OC(F)(F)F)cc2)C=CC(c2cccc(F)c2)C=C1. The van der Waals surface area contributed by atoms with Crippen LogP contribution < -0.4 is 4.74 Å². The zero-order chi connectivity index (χ0) is 20.4. The number of rotatable bonds is 5. The van der Waals surface area contributed by atoms with Gasteiger partial charge < -0.3 is 4.74 Å². The number of ether oxygens (including phenoxy) is 1. The van der Waals surface area contributed by atoms with Crippen molar-refractivity contribution in [2.75, 3.05) is 0 Å². The van der Waals surface area contributed by atoms with Gasteiger partial charge in [-0.3, -0.25) is 0 Å². The van der Waals surface area contributed by atoms with Crippen LogP contribution in [0.3, 0.4) is 0 Å². The molecule has 5 heteroatoms. The molecule has 0 aromatic heterocycles. The minimum absolute atomic E-state index is 0.0381. The molecule has 0 atom stereocenters. The number of alkyl halides is 3. The van der Waals surface area contributed by atoms with Crippen LogP contribution in [0.15, 0.2) is 72.8 Å². The summed E-state index contributed by atoms with van der Waals surface area (Å²) in [7, 11) is 0. The van der Waals surface area contributed by atoms with Crippen molar-refractivity contribution in [3.8, 4) is 5.75 Å². The third-order valence-electron chi connectivity index (χ3n) is 4.81. The quantitative estimate of drug-likeness (QED) is 0.398. The maximum absolute atomic E-state index is 13.5. The summed E-state index contributed by atoms with van der Waals surface area (Å²) in [6.45, 7) is 4.20. The van der Waals surface area contributed by atoms with Crippen LogP contribution in [0, 0.1) is 11.7 Å². The molecule has 148 valence electrons. The fourth-order valence-corrected chi connectivity index (χ4v) is 3.70. The third kappa shape index (κ3) is 4.83. The molecule has 28 heavy (non-hydrogen) atoms. The minimum Gasteiger partial charge on any atom is -0.406 e. The van der Waals surface area contributed by atoms with Gasteiger partial charge in [0.15, 0.2) is 0 Å². The van der Waals surface area contributed by atoms with E-state index in [1.54, 1.807) is 18.2 Å². The topological polar surface area (TPSA) is 9.23 Å². The second-order valence-corrected chi connectivity index (χ2v) is 7.51. The van der Waals surface area contributed by atoms with E-state index in [0.717, 1.165) is 17.5 Å². The highest BCUT2D eigenvalue weighted by molar-refractivity contribution is 5.45. The Bertz CT molecular complexity index is 849. The third-order valence-corrected chi connectivity index (χ3v) is 4.81. The Morgan fingerprint density at radius 3 is 2.18 bits per heavy atom. The summed E-state index contributed by atoms with van der Waals surface area (Å²) in [5.74, 6) is -0.189. The van der Waals surface area contributed by atoms with Crippen LogP contribution in [0.4, 0.5) is 17.6 Å². The van der Waals surface area contributed by atoms with Crippen molar-refractivity contribution in [3.63, 3.8) is 0 Å². The van der Waals surface area contributed by atoms with Crippen LogP contribution in [-0.4, -0.2) is 6.36 Å². The average Bonchev–Trinajstić information content (AvgIpc) is 2.61. The number of benzene rings is 2. The molecular formula is C23H22F4O. The summed E-state index contributed by atoms with van der Waals surface area (Å²) < 4.78 is 54.7. The molecule has 0 aliphatic heterocycles. The molecule has 0 N–H and O–H groups in total. The number of hydrogen-bond acceptors (Lipinski definition) is 1. The van der Waals surface area contributed by atoms with Gasteiger partial charge in [0.1, 0.15) is 11.6 Å². The van der Waals surface area contributed by atoms with E-state index in [1.165, 1.54) is 24.3 Å². The summed E-state index contributed by atoms with van der Waals surface area (Å²) in [5, 5.41) is 0. The van der Waals surface area contributed by atoms with Gasteiger partial charge in [0.2, 0.25) is 0 Å². The highest BCUT2D eigenvalue weighted by atomic mass is 19.4. The fourth-order valence-electron chi connectivity index (χ4n) is 3.70. The lowest BCUT2D eigenvalue weighted by Gasteiger charge is -2.33. The highest BCUT2D eigenvalue weighted by Crippen LogP contribution is 2.40. The molecule has 0 saturated carbocycles. The first-order valence-electron chi connectivity index (χ1n) is 9.17. The highest BCUT2D eigenvalue weighted by Gasteiger charge is 2.33. The summed E-state index contributed by atoms with van der Waals surface area (Å²) in [6, 6.07) is 12.5. The van der Waals surface area contributed by atoms with Gasteiger partial charge in [0.25, 0.3) is 0 Å². The van der Waals surface area contributed by atoms with Crippen molar-refractivity contribution in [3.05, 3.63) is 89.8 Å². The number of halogens is 4. The second kappa shape index (κ2) is 7.82. The van der Waals surface area contributed by atoms with Gasteiger partial charge >= 0.3 is 6.36 Å². The van der Waals surface area contributed by atoms with E-state index in [1.807, 2.05) is 18.2 Å².